The van der Waals surface area contributed by atoms with Crippen LogP contribution in [0.2, 0.25) is 0 Å². The number of hydrogen-bond acceptors (Lipinski definition) is 5. The van der Waals surface area contributed by atoms with Crippen LogP contribution < -0.4 is 0 Å². The van der Waals surface area contributed by atoms with E-state index < -0.39 is 11.9 Å². The quantitative estimate of drug-likeness (QED) is 0.747. The molecule has 2 rings (SSSR count). The number of carbonyl (C=O) groups is 2. The molecule has 0 bridgehead atoms. The van der Waals surface area contributed by atoms with Crippen molar-refractivity contribution in [2.75, 3.05) is 14.2 Å². The van der Waals surface area contributed by atoms with Gasteiger partial charge in [-0.3, -0.25) is 4.40 Å². The molecule has 18 heavy (non-hydrogen) atoms. The third-order valence-corrected chi connectivity index (χ3v) is 2.60. The first-order valence-corrected chi connectivity index (χ1v) is 5.23. The van der Waals surface area contributed by atoms with Crippen molar-refractivity contribution in [3.8, 4) is 0 Å². The summed E-state index contributed by atoms with van der Waals surface area (Å²) in [7, 11) is 2.62. The van der Waals surface area contributed by atoms with Gasteiger partial charge in [-0.25, -0.2) is 14.6 Å². The highest BCUT2D eigenvalue weighted by Crippen LogP contribution is 2.15. The van der Waals surface area contributed by atoms with E-state index in [0.29, 0.717) is 22.6 Å². The zero-order valence-corrected chi connectivity index (χ0v) is 10.3. The molecule has 2 aromatic heterocycles. The maximum Gasteiger partial charge on any atom is 0.356 e. The number of aryl methyl sites for hydroxylation is 1. The normalized spacial score (nSPS) is 10.4. The number of nitrogens with zero attached hydrogens (tertiary/aromatic N) is 2. The Hall–Kier alpha value is -2.37. The molecule has 2 heterocycles. The predicted molar refractivity (Wildman–Crippen MR) is 62.6 cm³/mol. The summed E-state index contributed by atoms with van der Waals surface area (Å²) in [5, 5.41) is 0. The number of ether oxygens (including phenoxy) is 2. The van der Waals surface area contributed by atoms with Crippen molar-refractivity contribution in [3.63, 3.8) is 0 Å². The first kappa shape index (κ1) is 12.1. The van der Waals surface area contributed by atoms with Gasteiger partial charge in [0.1, 0.15) is 5.65 Å². The number of hydrogen-bond donors (Lipinski definition) is 0. The SMILES string of the molecule is COC(=O)c1ccn2c(C(=O)OC)c(C)nc2c1. The number of imidazole rings is 1. The van der Waals surface area contributed by atoms with Crippen LogP contribution in [0.5, 0.6) is 0 Å². The van der Waals surface area contributed by atoms with Crippen LogP contribution in [0.15, 0.2) is 18.3 Å². The van der Waals surface area contributed by atoms with Crippen LogP contribution in [0.3, 0.4) is 0 Å². The molecular weight excluding hydrogens is 236 g/mol. The maximum atomic E-state index is 11.6. The van der Waals surface area contributed by atoms with Crippen LogP contribution >= 0.6 is 0 Å². The molecule has 94 valence electrons. The molecule has 0 radical (unpaired) electrons. The topological polar surface area (TPSA) is 69.9 Å². The Morgan fingerprint density at radius 3 is 2.50 bits per heavy atom. The lowest BCUT2D eigenvalue weighted by Gasteiger charge is -2.02. The van der Waals surface area contributed by atoms with Crippen molar-refractivity contribution >= 4 is 17.6 Å². The molecule has 0 unspecified atom stereocenters. The molecule has 0 spiro atoms. The molecule has 0 saturated carbocycles. The summed E-state index contributed by atoms with van der Waals surface area (Å²) in [6.07, 6.45) is 1.59. The largest absolute Gasteiger partial charge is 0.465 e. The summed E-state index contributed by atoms with van der Waals surface area (Å²) in [5.74, 6) is -0.913. The Labute approximate surface area is 103 Å². The van der Waals surface area contributed by atoms with Crippen molar-refractivity contribution in [3.05, 3.63) is 35.3 Å². The van der Waals surface area contributed by atoms with Gasteiger partial charge in [0.15, 0.2) is 5.69 Å². The highest BCUT2D eigenvalue weighted by molar-refractivity contribution is 5.92. The van der Waals surface area contributed by atoms with Crippen LogP contribution in [0.25, 0.3) is 5.65 Å². The summed E-state index contributed by atoms with van der Waals surface area (Å²) >= 11 is 0. The minimum absolute atomic E-state index is 0.351. The number of fused-ring (bicyclic) bond motifs is 1. The number of rotatable bonds is 2. The van der Waals surface area contributed by atoms with Crippen LogP contribution in [0.1, 0.15) is 26.5 Å². The number of esters is 2. The fourth-order valence-electron chi connectivity index (χ4n) is 1.75. The highest BCUT2D eigenvalue weighted by atomic mass is 16.5. The van der Waals surface area contributed by atoms with Gasteiger partial charge in [-0.15, -0.1) is 0 Å². The third kappa shape index (κ3) is 1.81. The molecule has 0 aliphatic heterocycles. The van der Waals surface area contributed by atoms with Gasteiger partial charge in [0.2, 0.25) is 0 Å². The standard InChI is InChI=1S/C12H12N2O4/c1-7-10(12(16)18-3)14-5-4-8(11(15)17-2)6-9(14)13-7/h4-6H,1-3H3. The fraction of sp³-hybridized carbons (Fsp3) is 0.250. The monoisotopic (exact) mass is 248 g/mol. The Balaban J connectivity index is 2.61. The van der Waals surface area contributed by atoms with Crippen molar-refractivity contribution in [1.29, 1.82) is 0 Å². The Morgan fingerprint density at radius 1 is 1.22 bits per heavy atom. The molecule has 6 heteroatoms. The Bertz CT molecular complexity index is 630. The van der Waals surface area contributed by atoms with E-state index in [9.17, 15) is 9.59 Å². The van der Waals surface area contributed by atoms with E-state index in [1.54, 1.807) is 29.7 Å². The minimum Gasteiger partial charge on any atom is -0.465 e. The number of carbonyl (C=O) groups excluding carboxylic acids is 2. The first-order chi connectivity index (χ1) is 8.58. The molecule has 0 aromatic carbocycles. The smallest absolute Gasteiger partial charge is 0.356 e. The van der Waals surface area contributed by atoms with E-state index >= 15 is 0 Å². The van der Waals surface area contributed by atoms with Crippen LogP contribution in [0, 0.1) is 6.92 Å². The van der Waals surface area contributed by atoms with Gasteiger partial charge in [0.25, 0.3) is 0 Å². The first-order valence-electron chi connectivity index (χ1n) is 5.23. The lowest BCUT2D eigenvalue weighted by molar-refractivity contribution is 0.0588. The number of aromatic nitrogens is 2. The molecule has 0 saturated heterocycles. The maximum absolute atomic E-state index is 11.6. The zero-order valence-electron chi connectivity index (χ0n) is 10.3. The summed E-state index contributed by atoms with van der Waals surface area (Å²) in [4.78, 5) is 27.2. The van der Waals surface area contributed by atoms with Crippen molar-refractivity contribution < 1.29 is 19.1 Å². The number of methoxy groups -OCH3 is 2. The molecule has 0 fully saturated rings. The van der Waals surface area contributed by atoms with Gasteiger partial charge >= 0.3 is 11.9 Å². The van der Waals surface area contributed by atoms with E-state index in [-0.39, 0.29) is 0 Å². The second-order valence-corrected chi connectivity index (χ2v) is 3.67. The molecule has 0 aliphatic rings. The molecule has 0 amide bonds. The average Bonchev–Trinajstić information content (AvgIpc) is 2.71. The fourth-order valence-corrected chi connectivity index (χ4v) is 1.75. The summed E-state index contributed by atoms with van der Waals surface area (Å²) < 4.78 is 10.9. The van der Waals surface area contributed by atoms with Crippen LogP contribution in [-0.4, -0.2) is 35.5 Å². The molecule has 0 N–H and O–H groups in total. The average molecular weight is 248 g/mol. The molecule has 2 aromatic rings. The second-order valence-electron chi connectivity index (χ2n) is 3.67. The van der Waals surface area contributed by atoms with Crippen molar-refractivity contribution in [2.24, 2.45) is 0 Å². The molecule has 0 aliphatic carbocycles. The Morgan fingerprint density at radius 2 is 1.89 bits per heavy atom. The van der Waals surface area contributed by atoms with Crippen molar-refractivity contribution in [1.82, 2.24) is 9.38 Å². The van der Waals surface area contributed by atoms with E-state index in [1.165, 1.54) is 14.2 Å². The van der Waals surface area contributed by atoms with Gasteiger partial charge in [-0.1, -0.05) is 0 Å². The molecule has 6 nitrogen and oxygen atoms in total. The third-order valence-electron chi connectivity index (χ3n) is 2.60. The van der Waals surface area contributed by atoms with Gasteiger partial charge in [-0.2, -0.15) is 0 Å². The summed E-state index contributed by atoms with van der Waals surface area (Å²) in [6, 6.07) is 3.12. The number of pyridine rings is 1. The van der Waals surface area contributed by atoms with E-state index in [4.69, 9.17) is 4.74 Å². The zero-order chi connectivity index (χ0) is 13.3. The highest BCUT2D eigenvalue weighted by Gasteiger charge is 2.18. The minimum atomic E-state index is -0.467. The van der Waals surface area contributed by atoms with Gasteiger partial charge in [0.05, 0.1) is 25.5 Å². The lowest BCUT2D eigenvalue weighted by Crippen LogP contribution is -2.08. The van der Waals surface area contributed by atoms with Gasteiger partial charge in [-0.05, 0) is 19.1 Å². The van der Waals surface area contributed by atoms with Crippen molar-refractivity contribution in [2.45, 2.75) is 6.92 Å². The predicted octanol–water partition coefficient (Wildman–Crippen LogP) is 1.22. The molecule has 0 atom stereocenters. The summed E-state index contributed by atoms with van der Waals surface area (Å²) in [6.45, 7) is 1.71. The van der Waals surface area contributed by atoms with Crippen LogP contribution in [0.4, 0.5) is 0 Å². The summed E-state index contributed by atoms with van der Waals surface area (Å²) in [5.41, 5.74) is 1.77. The van der Waals surface area contributed by atoms with E-state index in [0.717, 1.165) is 0 Å². The van der Waals surface area contributed by atoms with Crippen LogP contribution in [-0.2, 0) is 9.47 Å². The van der Waals surface area contributed by atoms with Gasteiger partial charge < -0.3 is 9.47 Å². The van der Waals surface area contributed by atoms with E-state index in [1.807, 2.05) is 0 Å². The second kappa shape index (κ2) is 4.48. The molecular formula is C12H12N2O4. The lowest BCUT2D eigenvalue weighted by atomic mass is 10.2. The Kier molecular flexibility index (Phi) is 3.01. The van der Waals surface area contributed by atoms with E-state index in [2.05, 4.69) is 9.72 Å². The van der Waals surface area contributed by atoms with Gasteiger partial charge in [0, 0.05) is 6.20 Å².